The minimum atomic E-state index is -3.57. The number of anilines is 1. The van der Waals surface area contributed by atoms with Crippen molar-refractivity contribution in [3.63, 3.8) is 0 Å². The molecule has 2 aromatic rings. The number of hydrogen-bond acceptors (Lipinski definition) is 5. The van der Waals surface area contributed by atoms with Crippen molar-refractivity contribution in [3.8, 4) is 0 Å². The van der Waals surface area contributed by atoms with Crippen LogP contribution in [0.1, 0.15) is 4.88 Å². The van der Waals surface area contributed by atoms with Crippen molar-refractivity contribution < 1.29 is 8.42 Å². The Morgan fingerprint density at radius 2 is 2.11 bits per heavy atom. The molecular weight excluding hydrogens is 306 g/mol. The predicted molar refractivity (Wildman–Crippen MR) is 76.6 cm³/mol. The molecule has 0 spiro atoms. The molecule has 0 fully saturated rings. The number of halogens is 1. The fraction of sp³-hybridized carbons (Fsp3) is 0.182. The van der Waals surface area contributed by atoms with Gasteiger partial charge < -0.3 is 5.73 Å². The number of thiophene rings is 1. The molecule has 2 heterocycles. The molecule has 5 nitrogen and oxygen atoms in total. The minimum Gasteiger partial charge on any atom is -0.384 e. The Kier molecular flexibility index (Phi) is 4.10. The predicted octanol–water partition coefficient (Wildman–Crippen LogP) is 2.20. The normalized spacial score (nSPS) is 11.9. The third-order valence-corrected chi connectivity index (χ3v) is 5.48. The van der Waals surface area contributed by atoms with E-state index in [0.29, 0.717) is 4.34 Å². The van der Waals surface area contributed by atoms with Gasteiger partial charge in [0.15, 0.2) is 0 Å². The maximum atomic E-state index is 12.3. The Labute approximate surface area is 120 Å². The van der Waals surface area contributed by atoms with E-state index in [1.807, 2.05) is 0 Å². The van der Waals surface area contributed by atoms with Gasteiger partial charge in [0.05, 0.1) is 4.34 Å². The molecular formula is C11H12ClN3O2S2. The molecule has 0 unspecified atom stereocenters. The zero-order valence-corrected chi connectivity index (χ0v) is 12.5. The number of sulfonamides is 1. The van der Waals surface area contributed by atoms with E-state index in [2.05, 4.69) is 4.98 Å². The van der Waals surface area contributed by atoms with E-state index in [4.69, 9.17) is 17.3 Å². The van der Waals surface area contributed by atoms with Crippen LogP contribution >= 0.6 is 22.9 Å². The second-order valence-electron chi connectivity index (χ2n) is 3.89. The van der Waals surface area contributed by atoms with Crippen molar-refractivity contribution in [2.45, 2.75) is 11.4 Å². The molecule has 2 N–H and O–H groups in total. The van der Waals surface area contributed by atoms with E-state index in [9.17, 15) is 8.42 Å². The van der Waals surface area contributed by atoms with Gasteiger partial charge in [-0.2, -0.15) is 4.31 Å². The zero-order valence-electron chi connectivity index (χ0n) is 10.1. The second-order valence-corrected chi connectivity index (χ2v) is 7.73. The average molecular weight is 318 g/mol. The number of pyridine rings is 1. The summed E-state index contributed by atoms with van der Waals surface area (Å²) in [5.41, 5.74) is 5.44. The summed E-state index contributed by atoms with van der Waals surface area (Å²) in [7, 11) is -2.05. The lowest BCUT2D eigenvalue weighted by molar-refractivity contribution is 0.469. The molecule has 0 saturated heterocycles. The summed E-state index contributed by atoms with van der Waals surface area (Å²) in [6, 6.07) is 6.45. The molecule has 8 heteroatoms. The van der Waals surface area contributed by atoms with Crippen molar-refractivity contribution >= 4 is 38.8 Å². The highest BCUT2D eigenvalue weighted by Crippen LogP contribution is 2.24. The highest BCUT2D eigenvalue weighted by molar-refractivity contribution is 7.89. The topological polar surface area (TPSA) is 76.3 Å². The van der Waals surface area contributed by atoms with Crippen LogP contribution in [-0.2, 0) is 16.6 Å². The van der Waals surface area contributed by atoms with Crippen molar-refractivity contribution in [1.29, 1.82) is 0 Å². The van der Waals surface area contributed by atoms with Gasteiger partial charge in [-0.05, 0) is 24.3 Å². The van der Waals surface area contributed by atoms with Crippen LogP contribution in [0.3, 0.4) is 0 Å². The van der Waals surface area contributed by atoms with E-state index in [0.717, 1.165) is 4.88 Å². The fourth-order valence-electron chi connectivity index (χ4n) is 1.47. The average Bonchev–Trinajstić information content (AvgIpc) is 2.75. The van der Waals surface area contributed by atoms with E-state index in [1.165, 1.54) is 41.0 Å². The maximum Gasteiger partial charge on any atom is 0.244 e. The second kappa shape index (κ2) is 5.46. The summed E-state index contributed by atoms with van der Waals surface area (Å²) in [6.45, 7) is 0.268. The summed E-state index contributed by atoms with van der Waals surface area (Å²) in [5.74, 6) is 0.284. The van der Waals surface area contributed by atoms with Crippen LogP contribution in [0.15, 0.2) is 35.4 Å². The van der Waals surface area contributed by atoms with Crippen LogP contribution in [-0.4, -0.2) is 24.8 Å². The molecule has 0 aliphatic heterocycles. The van der Waals surface area contributed by atoms with Gasteiger partial charge in [-0.1, -0.05) is 11.6 Å². The molecule has 0 aliphatic rings. The van der Waals surface area contributed by atoms with Crippen LogP contribution in [0.5, 0.6) is 0 Å². The van der Waals surface area contributed by atoms with Crippen LogP contribution in [0.25, 0.3) is 0 Å². The first kappa shape index (κ1) is 14.3. The highest BCUT2D eigenvalue weighted by Gasteiger charge is 2.21. The van der Waals surface area contributed by atoms with Gasteiger partial charge in [-0.25, -0.2) is 13.4 Å². The zero-order chi connectivity index (χ0) is 14.0. The summed E-state index contributed by atoms with van der Waals surface area (Å²) in [4.78, 5) is 4.78. The molecule has 2 aromatic heterocycles. The van der Waals surface area contributed by atoms with Crippen molar-refractivity contribution in [2.75, 3.05) is 12.8 Å². The third kappa shape index (κ3) is 3.24. The van der Waals surface area contributed by atoms with Crippen molar-refractivity contribution in [1.82, 2.24) is 9.29 Å². The van der Waals surface area contributed by atoms with E-state index >= 15 is 0 Å². The largest absolute Gasteiger partial charge is 0.384 e. The fourth-order valence-corrected chi connectivity index (χ4v) is 3.78. The Bertz CT molecular complexity index is 668. The summed E-state index contributed by atoms with van der Waals surface area (Å²) < 4.78 is 26.4. The standard InChI is InChI=1S/C11H12ClN3O2S2/c1-15(7-8-2-4-10(12)18-8)19(16,17)9-3-5-11(13)14-6-9/h2-6H,7H2,1H3,(H2,13,14). The Hall–Kier alpha value is -1.15. The van der Waals surface area contributed by atoms with Gasteiger partial charge >= 0.3 is 0 Å². The molecule has 0 bridgehead atoms. The number of aromatic nitrogens is 1. The Morgan fingerprint density at radius 1 is 1.37 bits per heavy atom. The maximum absolute atomic E-state index is 12.3. The van der Waals surface area contributed by atoms with E-state index < -0.39 is 10.0 Å². The van der Waals surface area contributed by atoms with Crippen LogP contribution in [0.4, 0.5) is 5.82 Å². The minimum absolute atomic E-state index is 0.117. The highest BCUT2D eigenvalue weighted by atomic mass is 35.5. The lowest BCUT2D eigenvalue weighted by atomic mass is 10.5. The first-order valence-electron chi connectivity index (χ1n) is 5.31. The van der Waals surface area contributed by atoms with Crippen LogP contribution < -0.4 is 5.73 Å². The first-order valence-corrected chi connectivity index (χ1v) is 7.95. The van der Waals surface area contributed by atoms with Crippen LogP contribution in [0.2, 0.25) is 4.34 Å². The van der Waals surface area contributed by atoms with Crippen LogP contribution in [0, 0.1) is 0 Å². The summed E-state index contributed by atoms with van der Waals surface area (Å²) in [6.07, 6.45) is 1.25. The number of nitrogens with zero attached hydrogens (tertiary/aromatic N) is 2. The molecule has 19 heavy (non-hydrogen) atoms. The van der Waals surface area contributed by atoms with E-state index in [1.54, 1.807) is 12.1 Å². The van der Waals surface area contributed by atoms with Gasteiger partial charge in [-0.3, -0.25) is 0 Å². The molecule has 0 amide bonds. The summed E-state index contributed by atoms with van der Waals surface area (Å²) in [5, 5.41) is 0. The molecule has 0 saturated carbocycles. The lowest BCUT2D eigenvalue weighted by Gasteiger charge is -2.16. The lowest BCUT2D eigenvalue weighted by Crippen LogP contribution is -2.26. The number of hydrogen-bond donors (Lipinski definition) is 1. The van der Waals surface area contributed by atoms with Gasteiger partial charge in [0.25, 0.3) is 0 Å². The number of rotatable bonds is 4. The monoisotopic (exact) mass is 317 g/mol. The van der Waals surface area contributed by atoms with Crippen molar-refractivity contribution in [2.24, 2.45) is 0 Å². The van der Waals surface area contributed by atoms with Gasteiger partial charge in [-0.15, -0.1) is 11.3 Å². The molecule has 0 aromatic carbocycles. The van der Waals surface area contributed by atoms with Gasteiger partial charge in [0, 0.05) is 24.7 Å². The smallest absolute Gasteiger partial charge is 0.244 e. The summed E-state index contributed by atoms with van der Waals surface area (Å²) >= 11 is 7.17. The van der Waals surface area contributed by atoms with E-state index in [-0.39, 0.29) is 17.3 Å². The molecule has 2 rings (SSSR count). The number of nitrogens with two attached hydrogens (primary N) is 1. The van der Waals surface area contributed by atoms with Gasteiger partial charge in [0.2, 0.25) is 10.0 Å². The third-order valence-electron chi connectivity index (χ3n) is 2.47. The first-order chi connectivity index (χ1) is 8.89. The van der Waals surface area contributed by atoms with Crippen molar-refractivity contribution in [3.05, 3.63) is 39.7 Å². The quantitative estimate of drug-likeness (QED) is 0.938. The Morgan fingerprint density at radius 3 is 2.63 bits per heavy atom. The molecule has 0 radical (unpaired) electrons. The Balaban J connectivity index is 2.21. The number of nitrogen functional groups attached to an aromatic ring is 1. The molecule has 0 atom stereocenters. The molecule has 0 aliphatic carbocycles. The van der Waals surface area contributed by atoms with Gasteiger partial charge in [0.1, 0.15) is 10.7 Å². The SMILES string of the molecule is CN(Cc1ccc(Cl)s1)S(=O)(=O)c1ccc(N)nc1. The molecule has 102 valence electrons.